The van der Waals surface area contributed by atoms with Crippen LogP contribution in [0, 0.1) is 0 Å². The highest BCUT2D eigenvalue weighted by Gasteiger charge is 2.16. The number of nitrogen functional groups attached to an aromatic ring is 1. The zero-order chi connectivity index (χ0) is 12.3. The van der Waals surface area contributed by atoms with Crippen LogP contribution in [0.1, 0.15) is 0 Å². The molecule has 1 aromatic rings. The van der Waals surface area contributed by atoms with Gasteiger partial charge >= 0.3 is 11.9 Å². The molecule has 88 valence electrons. The van der Waals surface area contributed by atoms with Crippen LogP contribution >= 0.6 is 0 Å². The number of hydrogen-bond donors (Lipinski definition) is 3. The first-order valence-corrected chi connectivity index (χ1v) is 4.38. The quantitative estimate of drug-likeness (QED) is 0.595. The predicted molar refractivity (Wildman–Crippen MR) is 55.2 cm³/mol. The van der Waals surface area contributed by atoms with Crippen LogP contribution in [0.4, 0.5) is 11.5 Å². The summed E-state index contributed by atoms with van der Waals surface area (Å²) in [6.45, 7) is -0.647. The maximum atomic E-state index is 10.5. The van der Waals surface area contributed by atoms with Gasteiger partial charge in [-0.05, 0) is 0 Å². The molecule has 0 spiro atoms. The number of aromatic nitrogens is 2. The van der Waals surface area contributed by atoms with Gasteiger partial charge in [-0.25, -0.2) is 4.68 Å². The molecule has 0 aliphatic heterocycles. The van der Waals surface area contributed by atoms with Gasteiger partial charge in [0.05, 0.1) is 11.9 Å². The fourth-order valence-electron chi connectivity index (χ4n) is 1.33. The average molecular weight is 228 g/mol. The van der Waals surface area contributed by atoms with Crippen LogP contribution in [0.25, 0.3) is 0 Å². The third-order valence-corrected chi connectivity index (χ3v) is 1.86. The summed E-state index contributed by atoms with van der Waals surface area (Å²) in [6.07, 6.45) is 1.29. The number of anilines is 2. The Balaban J connectivity index is 2.96. The molecular formula is C8H12N4O4. The van der Waals surface area contributed by atoms with Crippen LogP contribution < -0.4 is 10.6 Å². The van der Waals surface area contributed by atoms with Crippen molar-refractivity contribution < 1.29 is 19.8 Å². The maximum absolute atomic E-state index is 10.5. The van der Waals surface area contributed by atoms with E-state index in [-0.39, 0.29) is 24.6 Å². The van der Waals surface area contributed by atoms with Gasteiger partial charge in [0.25, 0.3) is 0 Å². The number of rotatable bonds is 5. The number of carboxylic acid groups (broad SMARTS) is 2. The van der Waals surface area contributed by atoms with Crippen LogP contribution in [-0.4, -0.2) is 45.5 Å². The fourth-order valence-corrected chi connectivity index (χ4v) is 1.33. The van der Waals surface area contributed by atoms with Gasteiger partial charge in [-0.15, -0.1) is 0 Å². The van der Waals surface area contributed by atoms with Gasteiger partial charge in [0.15, 0.2) is 5.82 Å². The van der Waals surface area contributed by atoms with E-state index in [0.29, 0.717) is 0 Å². The summed E-state index contributed by atoms with van der Waals surface area (Å²) in [7, 11) is 1.50. The van der Waals surface area contributed by atoms with E-state index >= 15 is 0 Å². The maximum Gasteiger partial charge on any atom is 0.325 e. The van der Waals surface area contributed by atoms with Crippen molar-refractivity contribution in [3.05, 3.63) is 6.20 Å². The molecule has 0 aliphatic carbocycles. The molecule has 8 nitrogen and oxygen atoms in total. The Bertz CT molecular complexity index is 414. The Kier molecular flexibility index (Phi) is 3.33. The molecule has 0 radical (unpaired) electrons. The van der Waals surface area contributed by atoms with Crippen molar-refractivity contribution in [2.75, 3.05) is 24.2 Å². The zero-order valence-corrected chi connectivity index (χ0v) is 8.62. The minimum absolute atomic E-state index is 0.241. The molecule has 1 heterocycles. The molecule has 0 bridgehead atoms. The molecule has 0 fully saturated rings. The summed E-state index contributed by atoms with van der Waals surface area (Å²) in [5, 5.41) is 21.0. The zero-order valence-electron chi connectivity index (χ0n) is 8.62. The smallest absolute Gasteiger partial charge is 0.325 e. The molecule has 16 heavy (non-hydrogen) atoms. The molecule has 0 aliphatic rings. The van der Waals surface area contributed by atoms with Crippen molar-refractivity contribution in [1.29, 1.82) is 0 Å². The second-order valence-electron chi connectivity index (χ2n) is 3.22. The number of nitrogens with two attached hydrogens (primary N) is 1. The van der Waals surface area contributed by atoms with Gasteiger partial charge in [0.1, 0.15) is 13.1 Å². The van der Waals surface area contributed by atoms with Gasteiger partial charge in [0.2, 0.25) is 0 Å². The highest BCUT2D eigenvalue weighted by Crippen LogP contribution is 2.21. The van der Waals surface area contributed by atoms with E-state index in [9.17, 15) is 9.59 Å². The number of nitrogens with zero attached hydrogens (tertiary/aromatic N) is 3. The molecule has 1 rings (SSSR count). The number of carboxylic acids is 2. The monoisotopic (exact) mass is 228 g/mol. The Morgan fingerprint density at radius 1 is 1.50 bits per heavy atom. The summed E-state index contributed by atoms with van der Waals surface area (Å²) in [4.78, 5) is 22.4. The van der Waals surface area contributed by atoms with E-state index < -0.39 is 11.9 Å². The predicted octanol–water partition coefficient (Wildman–Crippen LogP) is -0.929. The van der Waals surface area contributed by atoms with Crippen molar-refractivity contribution in [2.24, 2.45) is 0 Å². The van der Waals surface area contributed by atoms with Gasteiger partial charge in [-0.3, -0.25) is 9.59 Å². The minimum Gasteiger partial charge on any atom is -0.480 e. The fraction of sp³-hybridized carbons (Fsp3) is 0.375. The molecule has 0 atom stereocenters. The van der Waals surface area contributed by atoms with E-state index in [1.165, 1.54) is 18.1 Å². The lowest BCUT2D eigenvalue weighted by molar-refractivity contribution is -0.138. The lowest BCUT2D eigenvalue weighted by atomic mass is 10.4. The van der Waals surface area contributed by atoms with Crippen molar-refractivity contribution >= 4 is 23.4 Å². The van der Waals surface area contributed by atoms with E-state index in [1.54, 1.807) is 0 Å². The second kappa shape index (κ2) is 4.51. The van der Waals surface area contributed by atoms with Crippen LogP contribution in [0.2, 0.25) is 0 Å². The molecular weight excluding hydrogens is 216 g/mol. The lowest BCUT2D eigenvalue weighted by Gasteiger charge is -2.18. The summed E-state index contributed by atoms with van der Waals surface area (Å²) in [5.74, 6) is -1.83. The van der Waals surface area contributed by atoms with Crippen LogP contribution in [-0.2, 0) is 16.1 Å². The third kappa shape index (κ3) is 2.62. The van der Waals surface area contributed by atoms with Gasteiger partial charge in [0, 0.05) is 7.05 Å². The van der Waals surface area contributed by atoms with E-state index in [2.05, 4.69) is 5.10 Å². The highest BCUT2D eigenvalue weighted by atomic mass is 16.4. The van der Waals surface area contributed by atoms with Crippen molar-refractivity contribution in [2.45, 2.75) is 6.54 Å². The van der Waals surface area contributed by atoms with Gasteiger partial charge in [-0.1, -0.05) is 0 Å². The first-order valence-electron chi connectivity index (χ1n) is 4.38. The minimum atomic E-state index is -1.08. The molecule has 0 aromatic carbocycles. The van der Waals surface area contributed by atoms with Crippen molar-refractivity contribution in [3.63, 3.8) is 0 Å². The van der Waals surface area contributed by atoms with Crippen LogP contribution in [0.15, 0.2) is 6.20 Å². The van der Waals surface area contributed by atoms with Gasteiger partial charge in [-0.2, -0.15) is 5.10 Å². The molecule has 4 N–H and O–H groups in total. The van der Waals surface area contributed by atoms with E-state index in [0.717, 1.165) is 4.68 Å². The molecule has 0 saturated heterocycles. The Morgan fingerprint density at radius 2 is 2.12 bits per heavy atom. The van der Waals surface area contributed by atoms with E-state index in [1.807, 2.05) is 0 Å². The normalized spacial score (nSPS) is 10.1. The second-order valence-corrected chi connectivity index (χ2v) is 3.22. The molecule has 0 amide bonds. The lowest BCUT2D eigenvalue weighted by Crippen LogP contribution is -2.29. The Labute approximate surface area is 90.9 Å². The topological polar surface area (TPSA) is 122 Å². The van der Waals surface area contributed by atoms with Gasteiger partial charge < -0.3 is 20.8 Å². The number of likely N-dealkylation sites (N-methyl/N-ethyl adjacent to an activating group) is 1. The first kappa shape index (κ1) is 11.8. The number of aliphatic carboxylic acids is 2. The number of hydrogen-bond acceptors (Lipinski definition) is 5. The largest absolute Gasteiger partial charge is 0.480 e. The van der Waals surface area contributed by atoms with E-state index in [4.69, 9.17) is 15.9 Å². The summed E-state index contributed by atoms with van der Waals surface area (Å²) >= 11 is 0. The van der Waals surface area contributed by atoms with Crippen LogP contribution in [0.3, 0.4) is 0 Å². The molecule has 1 aromatic heterocycles. The summed E-state index contributed by atoms with van der Waals surface area (Å²) < 4.78 is 1.14. The summed E-state index contributed by atoms with van der Waals surface area (Å²) in [5.41, 5.74) is 5.82. The SMILES string of the molecule is CN(CC(=O)O)c1c(N)cnn1CC(=O)O. The average Bonchev–Trinajstić information content (AvgIpc) is 2.44. The first-order chi connectivity index (χ1) is 7.41. The Hall–Kier alpha value is -2.25. The van der Waals surface area contributed by atoms with Crippen LogP contribution in [0.5, 0.6) is 0 Å². The standard InChI is InChI=1S/C8H12N4O4/c1-11(3-6(13)14)8-5(9)2-10-12(8)4-7(15)16/h2H,3-4,9H2,1H3,(H,13,14)(H,15,16). The summed E-state index contributed by atoms with van der Waals surface area (Å²) in [6, 6.07) is 0. The highest BCUT2D eigenvalue weighted by molar-refractivity contribution is 5.76. The van der Waals surface area contributed by atoms with Crippen molar-refractivity contribution in [1.82, 2.24) is 9.78 Å². The number of carbonyl (C=O) groups is 2. The molecule has 0 unspecified atom stereocenters. The third-order valence-electron chi connectivity index (χ3n) is 1.86. The molecule has 0 saturated carbocycles. The van der Waals surface area contributed by atoms with Crippen molar-refractivity contribution in [3.8, 4) is 0 Å². The Morgan fingerprint density at radius 3 is 2.62 bits per heavy atom. The molecule has 8 heteroatoms.